The third-order valence-electron chi connectivity index (χ3n) is 4.70. The lowest BCUT2D eigenvalue weighted by molar-refractivity contribution is 0.251. The average Bonchev–Trinajstić information content (AvgIpc) is 3.35. The van der Waals surface area contributed by atoms with Crippen LogP contribution in [0.5, 0.6) is 11.5 Å². The lowest BCUT2D eigenvalue weighted by Gasteiger charge is -2.10. The maximum atomic E-state index is 14.4. The number of carbonyl (C=O) groups excluding carboxylic acids is 1. The first-order valence-corrected chi connectivity index (χ1v) is 9.97. The second-order valence-corrected chi connectivity index (χ2v) is 7.22. The standard InChI is InChI=1S/C22H20F2N6O3/c1-13-9-16(33-28-13)12-30-14(2)21(27-29-30)26-22(31)25-11-15-7-8-20(18(24)10-15)32-19-6-4-3-5-17(19)23/h3-10H,11-12H2,1-2H3,(H2,25,26,31). The molecule has 2 aromatic heterocycles. The SMILES string of the molecule is Cc1cc(Cn2nnc(NC(=O)NCc3ccc(Oc4ccccc4F)c(F)c3)c2C)on1. The Morgan fingerprint density at radius 2 is 1.88 bits per heavy atom. The van der Waals surface area contributed by atoms with Gasteiger partial charge >= 0.3 is 6.03 Å². The number of rotatable bonds is 7. The lowest BCUT2D eigenvalue weighted by atomic mass is 10.2. The van der Waals surface area contributed by atoms with Gasteiger partial charge < -0.3 is 14.6 Å². The average molecular weight is 454 g/mol. The van der Waals surface area contributed by atoms with Crippen LogP contribution in [0.2, 0.25) is 0 Å². The summed E-state index contributed by atoms with van der Waals surface area (Å²) in [5, 5.41) is 17.0. The number of para-hydroxylation sites is 1. The van der Waals surface area contributed by atoms with E-state index in [0.717, 1.165) is 5.69 Å². The zero-order valence-electron chi connectivity index (χ0n) is 17.8. The van der Waals surface area contributed by atoms with Crippen molar-refractivity contribution in [2.45, 2.75) is 26.9 Å². The quantitative estimate of drug-likeness (QED) is 0.431. The minimum Gasteiger partial charge on any atom is -0.451 e. The number of benzene rings is 2. The van der Waals surface area contributed by atoms with Crippen LogP contribution in [0.25, 0.3) is 0 Å². The molecule has 0 radical (unpaired) electrons. The Kier molecular flexibility index (Phi) is 6.29. The Morgan fingerprint density at radius 3 is 2.61 bits per heavy atom. The van der Waals surface area contributed by atoms with E-state index in [0.29, 0.717) is 23.6 Å². The van der Waals surface area contributed by atoms with Gasteiger partial charge in [-0.3, -0.25) is 5.32 Å². The van der Waals surface area contributed by atoms with Crippen LogP contribution in [0.4, 0.5) is 19.4 Å². The molecule has 0 saturated carbocycles. The van der Waals surface area contributed by atoms with Crippen molar-refractivity contribution in [2.75, 3.05) is 5.32 Å². The largest absolute Gasteiger partial charge is 0.451 e. The van der Waals surface area contributed by atoms with Gasteiger partial charge in [-0.15, -0.1) is 5.10 Å². The molecule has 2 N–H and O–H groups in total. The maximum Gasteiger partial charge on any atom is 0.320 e. The van der Waals surface area contributed by atoms with Crippen LogP contribution in [-0.2, 0) is 13.1 Å². The zero-order chi connectivity index (χ0) is 23.4. The molecule has 0 aliphatic heterocycles. The number of nitrogens with zero attached hydrogens (tertiary/aromatic N) is 4. The summed E-state index contributed by atoms with van der Waals surface area (Å²) in [6.07, 6.45) is 0. The second kappa shape index (κ2) is 9.47. The third-order valence-corrected chi connectivity index (χ3v) is 4.70. The predicted octanol–water partition coefficient (Wildman–Crippen LogP) is 4.32. The highest BCUT2D eigenvalue weighted by atomic mass is 19.1. The van der Waals surface area contributed by atoms with E-state index in [2.05, 4.69) is 26.1 Å². The van der Waals surface area contributed by atoms with E-state index in [9.17, 15) is 13.6 Å². The van der Waals surface area contributed by atoms with Gasteiger partial charge in [0, 0.05) is 12.6 Å². The van der Waals surface area contributed by atoms with Gasteiger partial charge in [0.2, 0.25) is 0 Å². The van der Waals surface area contributed by atoms with E-state index >= 15 is 0 Å². The summed E-state index contributed by atoms with van der Waals surface area (Å²) in [5.74, 6) is -0.586. The Labute approximate surface area is 187 Å². The van der Waals surface area contributed by atoms with Crippen LogP contribution in [0.15, 0.2) is 53.1 Å². The van der Waals surface area contributed by atoms with Crippen molar-refractivity contribution in [2.24, 2.45) is 0 Å². The number of nitrogens with one attached hydrogen (secondary N) is 2. The Balaban J connectivity index is 1.32. The van der Waals surface area contributed by atoms with E-state index in [-0.39, 0.29) is 23.9 Å². The first-order valence-electron chi connectivity index (χ1n) is 9.97. The molecule has 0 fully saturated rings. The van der Waals surface area contributed by atoms with Gasteiger partial charge in [0.05, 0.1) is 11.4 Å². The zero-order valence-corrected chi connectivity index (χ0v) is 17.8. The van der Waals surface area contributed by atoms with Crippen molar-refractivity contribution < 1.29 is 22.8 Å². The molecule has 11 heteroatoms. The van der Waals surface area contributed by atoms with Gasteiger partial charge in [-0.1, -0.05) is 28.6 Å². The molecule has 2 amide bonds. The van der Waals surface area contributed by atoms with Crippen molar-refractivity contribution in [3.8, 4) is 11.5 Å². The molecule has 0 spiro atoms. The fourth-order valence-electron chi connectivity index (χ4n) is 2.98. The molecule has 2 heterocycles. The number of urea groups is 1. The number of hydrogen-bond donors (Lipinski definition) is 2. The van der Waals surface area contributed by atoms with Crippen LogP contribution in [0.3, 0.4) is 0 Å². The van der Waals surface area contributed by atoms with Crippen LogP contribution < -0.4 is 15.4 Å². The van der Waals surface area contributed by atoms with Crippen molar-refractivity contribution in [3.05, 3.63) is 82.9 Å². The third kappa shape index (κ3) is 5.32. The summed E-state index contributed by atoms with van der Waals surface area (Å²) in [6.45, 7) is 3.94. The summed E-state index contributed by atoms with van der Waals surface area (Å²) in [4.78, 5) is 12.3. The smallest absolute Gasteiger partial charge is 0.320 e. The number of ether oxygens (including phenoxy) is 1. The molecule has 0 unspecified atom stereocenters. The van der Waals surface area contributed by atoms with Gasteiger partial charge in [0.1, 0.15) is 6.54 Å². The highest BCUT2D eigenvalue weighted by molar-refractivity contribution is 5.88. The summed E-state index contributed by atoms with van der Waals surface area (Å²) in [6, 6.07) is 11.1. The number of anilines is 1. The maximum absolute atomic E-state index is 14.4. The number of amides is 2. The molecule has 4 aromatic rings. The monoisotopic (exact) mass is 454 g/mol. The van der Waals surface area contributed by atoms with E-state index in [1.165, 1.54) is 30.3 Å². The van der Waals surface area contributed by atoms with Crippen molar-refractivity contribution in [1.29, 1.82) is 0 Å². The van der Waals surface area contributed by atoms with Crippen LogP contribution >= 0.6 is 0 Å². The molecular weight excluding hydrogens is 434 g/mol. The number of aryl methyl sites for hydroxylation is 1. The molecule has 0 aliphatic carbocycles. The normalized spacial score (nSPS) is 10.8. The second-order valence-electron chi connectivity index (χ2n) is 7.22. The van der Waals surface area contributed by atoms with E-state index < -0.39 is 17.7 Å². The van der Waals surface area contributed by atoms with Crippen LogP contribution in [0.1, 0.15) is 22.7 Å². The highest BCUT2D eigenvalue weighted by Crippen LogP contribution is 2.27. The van der Waals surface area contributed by atoms with Gasteiger partial charge in [-0.2, -0.15) is 0 Å². The molecule has 0 saturated heterocycles. The van der Waals surface area contributed by atoms with E-state index in [4.69, 9.17) is 9.26 Å². The van der Waals surface area contributed by atoms with Gasteiger partial charge in [0.25, 0.3) is 0 Å². The number of aromatic nitrogens is 4. The van der Waals surface area contributed by atoms with Crippen molar-refractivity contribution >= 4 is 11.8 Å². The number of halogens is 2. The Bertz CT molecular complexity index is 1290. The molecule has 0 bridgehead atoms. The van der Waals surface area contributed by atoms with Gasteiger partial charge in [-0.25, -0.2) is 18.3 Å². The van der Waals surface area contributed by atoms with E-state index in [1.807, 2.05) is 6.92 Å². The van der Waals surface area contributed by atoms with Crippen LogP contribution in [0, 0.1) is 25.5 Å². The molecule has 2 aromatic carbocycles. The summed E-state index contributed by atoms with van der Waals surface area (Å²) in [5.41, 5.74) is 1.87. The fourth-order valence-corrected chi connectivity index (χ4v) is 2.98. The molecule has 4 rings (SSSR count). The topological polar surface area (TPSA) is 107 Å². The molecule has 0 atom stereocenters. The predicted molar refractivity (Wildman–Crippen MR) is 114 cm³/mol. The highest BCUT2D eigenvalue weighted by Gasteiger charge is 2.14. The van der Waals surface area contributed by atoms with Gasteiger partial charge in [-0.05, 0) is 43.7 Å². The molecule has 33 heavy (non-hydrogen) atoms. The first-order chi connectivity index (χ1) is 15.9. The molecule has 170 valence electrons. The minimum absolute atomic E-state index is 0.0489. The minimum atomic E-state index is -0.681. The summed E-state index contributed by atoms with van der Waals surface area (Å²) >= 11 is 0. The van der Waals surface area contributed by atoms with Crippen molar-refractivity contribution in [3.63, 3.8) is 0 Å². The van der Waals surface area contributed by atoms with E-state index in [1.54, 1.807) is 29.8 Å². The molecular formula is C22H20F2N6O3. The lowest BCUT2D eigenvalue weighted by Crippen LogP contribution is -2.28. The van der Waals surface area contributed by atoms with Crippen molar-refractivity contribution in [1.82, 2.24) is 25.5 Å². The van der Waals surface area contributed by atoms with Gasteiger partial charge in [0.15, 0.2) is 34.7 Å². The molecule has 9 nitrogen and oxygen atoms in total. The summed E-state index contributed by atoms with van der Waals surface area (Å²) in [7, 11) is 0. The Morgan fingerprint density at radius 1 is 1.09 bits per heavy atom. The fraction of sp³-hybridized carbons (Fsp3) is 0.182. The molecule has 0 aliphatic rings. The number of hydrogen-bond acceptors (Lipinski definition) is 6. The Hall–Kier alpha value is -4.28. The van der Waals surface area contributed by atoms with Crippen LogP contribution in [-0.4, -0.2) is 26.2 Å². The first kappa shape index (κ1) is 21.9. The number of carbonyl (C=O) groups is 1. The summed E-state index contributed by atoms with van der Waals surface area (Å²) < 4.78 is 40.1.